The minimum atomic E-state index is -0.465. The zero-order valence-electron chi connectivity index (χ0n) is 15.0. The van der Waals surface area contributed by atoms with E-state index in [1.165, 1.54) is 25.8 Å². The number of halogens is 1. The Morgan fingerprint density at radius 3 is 2.24 bits per heavy atom. The van der Waals surface area contributed by atoms with E-state index in [9.17, 15) is 14.0 Å². The maximum Gasteiger partial charge on any atom is 0.225 e. The van der Waals surface area contributed by atoms with Crippen molar-refractivity contribution >= 4 is 17.4 Å². The van der Waals surface area contributed by atoms with E-state index in [0.29, 0.717) is 18.8 Å². The number of benzene rings is 1. The Bertz CT molecular complexity index is 631. The Balaban J connectivity index is 1.65. The second-order valence-electron chi connectivity index (χ2n) is 7.19. The fraction of sp³-hybridized carbons (Fsp3) is 0.600. The first kappa shape index (κ1) is 17.9. The summed E-state index contributed by atoms with van der Waals surface area (Å²) >= 11 is 0. The van der Waals surface area contributed by atoms with Crippen LogP contribution in [-0.2, 0) is 4.79 Å². The van der Waals surface area contributed by atoms with Crippen LogP contribution in [0.4, 0.5) is 10.1 Å². The second kappa shape index (κ2) is 7.98. The molecule has 2 heterocycles. The van der Waals surface area contributed by atoms with Crippen LogP contribution in [0.1, 0.15) is 55.8 Å². The molecule has 0 atom stereocenters. The lowest BCUT2D eigenvalue weighted by atomic mass is 9.94. The maximum absolute atomic E-state index is 14.0. The van der Waals surface area contributed by atoms with E-state index in [1.54, 1.807) is 12.1 Å². The third kappa shape index (κ3) is 4.02. The van der Waals surface area contributed by atoms with Crippen LogP contribution in [0.2, 0.25) is 0 Å². The van der Waals surface area contributed by atoms with Crippen molar-refractivity contribution < 1.29 is 14.0 Å². The fourth-order valence-electron chi connectivity index (χ4n) is 4.04. The smallest absolute Gasteiger partial charge is 0.225 e. The van der Waals surface area contributed by atoms with Crippen LogP contribution in [0.25, 0.3) is 0 Å². The number of ketones is 1. The summed E-state index contributed by atoms with van der Waals surface area (Å²) in [4.78, 5) is 28.7. The van der Waals surface area contributed by atoms with Crippen molar-refractivity contribution in [3.63, 3.8) is 0 Å². The van der Waals surface area contributed by atoms with Crippen molar-refractivity contribution in [1.82, 2.24) is 4.90 Å². The van der Waals surface area contributed by atoms with Gasteiger partial charge < -0.3 is 9.80 Å². The number of carbonyl (C=O) groups excluding carboxylic acids is 2. The average Bonchev–Trinajstić information content (AvgIpc) is 2.90. The van der Waals surface area contributed by atoms with E-state index in [-0.39, 0.29) is 23.2 Å². The number of carbonyl (C=O) groups is 2. The Morgan fingerprint density at radius 1 is 1.00 bits per heavy atom. The zero-order valence-corrected chi connectivity index (χ0v) is 15.0. The molecular formula is C20H27FN2O2. The van der Waals surface area contributed by atoms with Crippen molar-refractivity contribution in [2.75, 3.05) is 31.1 Å². The molecule has 0 unspecified atom stereocenters. The third-order valence-corrected chi connectivity index (χ3v) is 5.45. The van der Waals surface area contributed by atoms with Gasteiger partial charge in [-0.3, -0.25) is 9.59 Å². The Morgan fingerprint density at radius 2 is 1.64 bits per heavy atom. The quantitative estimate of drug-likeness (QED) is 0.785. The topological polar surface area (TPSA) is 40.6 Å². The monoisotopic (exact) mass is 346 g/mol. The standard InChI is InChI=1S/C20H27FN2O2/c1-15(24)19-17(21)7-6-8-18(19)22-13-9-16(10-14-22)20(25)23-11-4-2-3-5-12-23/h6-8,16H,2-5,9-14H2,1H3. The molecule has 2 saturated heterocycles. The van der Waals surface area contributed by atoms with Gasteiger partial charge in [-0.05, 0) is 44.7 Å². The van der Waals surface area contributed by atoms with Gasteiger partial charge >= 0.3 is 0 Å². The first-order chi connectivity index (χ1) is 12.1. The molecule has 5 heteroatoms. The third-order valence-electron chi connectivity index (χ3n) is 5.45. The van der Waals surface area contributed by atoms with Gasteiger partial charge in [0.2, 0.25) is 5.91 Å². The maximum atomic E-state index is 14.0. The summed E-state index contributed by atoms with van der Waals surface area (Å²) in [5.41, 5.74) is 0.827. The lowest BCUT2D eigenvalue weighted by Crippen LogP contribution is -2.43. The second-order valence-corrected chi connectivity index (χ2v) is 7.19. The van der Waals surface area contributed by atoms with Crippen molar-refractivity contribution in [3.8, 4) is 0 Å². The molecule has 0 saturated carbocycles. The number of anilines is 1. The summed E-state index contributed by atoms with van der Waals surface area (Å²) in [7, 11) is 0. The lowest BCUT2D eigenvalue weighted by molar-refractivity contribution is -0.136. The number of amides is 1. The van der Waals surface area contributed by atoms with E-state index in [4.69, 9.17) is 0 Å². The molecule has 2 aliphatic rings. The van der Waals surface area contributed by atoms with Crippen LogP contribution in [0.15, 0.2) is 18.2 Å². The highest BCUT2D eigenvalue weighted by Gasteiger charge is 2.30. The molecule has 0 aliphatic carbocycles. The molecule has 0 spiro atoms. The van der Waals surface area contributed by atoms with Crippen LogP contribution < -0.4 is 4.90 Å². The minimum absolute atomic E-state index is 0.0590. The largest absolute Gasteiger partial charge is 0.371 e. The van der Waals surface area contributed by atoms with Gasteiger partial charge in [0.25, 0.3) is 0 Å². The molecule has 4 nitrogen and oxygen atoms in total. The summed E-state index contributed by atoms with van der Waals surface area (Å²) < 4.78 is 14.0. The molecule has 1 aromatic rings. The van der Waals surface area contributed by atoms with Gasteiger partial charge in [-0.25, -0.2) is 4.39 Å². The predicted molar refractivity (Wildman–Crippen MR) is 96.4 cm³/mol. The van der Waals surface area contributed by atoms with E-state index in [1.807, 2.05) is 9.80 Å². The molecule has 25 heavy (non-hydrogen) atoms. The van der Waals surface area contributed by atoms with Crippen LogP contribution in [0.3, 0.4) is 0 Å². The molecular weight excluding hydrogens is 319 g/mol. The highest BCUT2D eigenvalue weighted by molar-refractivity contribution is 6.00. The Hall–Kier alpha value is -1.91. The highest BCUT2D eigenvalue weighted by Crippen LogP contribution is 2.29. The van der Waals surface area contributed by atoms with Crippen molar-refractivity contribution in [3.05, 3.63) is 29.6 Å². The number of Topliss-reactive ketones (excluding diaryl/α,β-unsaturated/α-hetero) is 1. The van der Waals surface area contributed by atoms with Crippen molar-refractivity contribution in [1.29, 1.82) is 0 Å². The first-order valence-corrected chi connectivity index (χ1v) is 9.41. The number of hydrogen-bond donors (Lipinski definition) is 0. The summed E-state index contributed by atoms with van der Waals surface area (Å²) in [6, 6.07) is 4.78. The molecule has 3 rings (SSSR count). The Labute approximate surface area is 149 Å². The summed E-state index contributed by atoms with van der Waals surface area (Å²) in [6.45, 7) is 4.55. The summed E-state index contributed by atoms with van der Waals surface area (Å²) in [6.07, 6.45) is 6.18. The summed E-state index contributed by atoms with van der Waals surface area (Å²) in [5.74, 6) is -0.375. The molecule has 0 aromatic heterocycles. The molecule has 1 amide bonds. The van der Waals surface area contributed by atoms with Gasteiger partial charge in [0.1, 0.15) is 5.82 Å². The number of nitrogens with zero attached hydrogens (tertiary/aromatic N) is 2. The lowest BCUT2D eigenvalue weighted by Gasteiger charge is -2.36. The van der Waals surface area contributed by atoms with E-state index < -0.39 is 5.82 Å². The average molecular weight is 346 g/mol. The van der Waals surface area contributed by atoms with Gasteiger partial charge in [0.05, 0.1) is 11.3 Å². The predicted octanol–water partition coefficient (Wildman–Crippen LogP) is 3.65. The molecule has 0 radical (unpaired) electrons. The number of piperidine rings is 1. The van der Waals surface area contributed by atoms with Gasteiger partial charge in [0, 0.05) is 32.1 Å². The molecule has 0 N–H and O–H groups in total. The van der Waals surface area contributed by atoms with Crippen LogP contribution >= 0.6 is 0 Å². The van der Waals surface area contributed by atoms with Gasteiger partial charge in [-0.1, -0.05) is 18.9 Å². The van der Waals surface area contributed by atoms with Crippen LogP contribution in [-0.4, -0.2) is 42.8 Å². The van der Waals surface area contributed by atoms with Gasteiger partial charge in [0.15, 0.2) is 5.78 Å². The van der Waals surface area contributed by atoms with E-state index >= 15 is 0 Å². The SMILES string of the molecule is CC(=O)c1c(F)cccc1N1CCC(C(=O)N2CCCCCC2)CC1. The molecule has 2 fully saturated rings. The molecule has 1 aromatic carbocycles. The first-order valence-electron chi connectivity index (χ1n) is 9.41. The van der Waals surface area contributed by atoms with Gasteiger partial charge in [-0.2, -0.15) is 0 Å². The number of hydrogen-bond acceptors (Lipinski definition) is 3. The normalized spacial score (nSPS) is 19.6. The van der Waals surface area contributed by atoms with E-state index in [0.717, 1.165) is 38.8 Å². The minimum Gasteiger partial charge on any atom is -0.371 e. The molecule has 0 bridgehead atoms. The zero-order chi connectivity index (χ0) is 17.8. The van der Waals surface area contributed by atoms with Crippen LogP contribution in [0.5, 0.6) is 0 Å². The van der Waals surface area contributed by atoms with Crippen LogP contribution in [0, 0.1) is 11.7 Å². The fourth-order valence-corrected chi connectivity index (χ4v) is 4.04. The summed E-state index contributed by atoms with van der Waals surface area (Å²) in [5, 5.41) is 0. The van der Waals surface area contributed by atoms with Gasteiger partial charge in [-0.15, -0.1) is 0 Å². The molecule has 136 valence electrons. The van der Waals surface area contributed by atoms with Crippen molar-refractivity contribution in [2.45, 2.75) is 45.4 Å². The number of likely N-dealkylation sites (tertiary alicyclic amines) is 1. The van der Waals surface area contributed by atoms with Crippen molar-refractivity contribution in [2.24, 2.45) is 5.92 Å². The Kier molecular flexibility index (Phi) is 5.71. The highest BCUT2D eigenvalue weighted by atomic mass is 19.1. The molecule has 2 aliphatic heterocycles. The number of rotatable bonds is 3. The van der Waals surface area contributed by atoms with E-state index in [2.05, 4.69) is 0 Å².